The van der Waals surface area contributed by atoms with Gasteiger partial charge in [0.25, 0.3) is 0 Å². The van der Waals surface area contributed by atoms with Crippen molar-refractivity contribution in [1.29, 1.82) is 0 Å². The zero-order valence-corrected chi connectivity index (χ0v) is 24.0. The second kappa shape index (κ2) is 10.6. The highest BCUT2D eigenvalue weighted by molar-refractivity contribution is 5.81. The lowest BCUT2D eigenvalue weighted by Crippen LogP contribution is -2.63. The number of hydrogen-bond donors (Lipinski definition) is 2. The average molecular weight is 587 g/mol. The van der Waals surface area contributed by atoms with Gasteiger partial charge in [-0.05, 0) is 103 Å². The van der Waals surface area contributed by atoms with Crippen molar-refractivity contribution >= 4 is 11.7 Å². The van der Waals surface area contributed by atoms with Crippen LogP contribution in [0.3, 0.4) is 0 Å². The van der Waals surface area contributed by atoms with Gasteiger partial charge in [0, 0.05) is 24.8 Å². The minimum atomic E-state index is -4.81. The highest BCUT2D eigenvalue weighted by Crippen LogP contribution is 2.64. The summed E-state index contributed by atoms with van der Waals surface area (Å²) in [6, 6.07) is 10.8. The highest BCUT2D eigenvalue weighted by Gasteiger charge is 2.61. The fraction of sp³-hybridized carbons (Fsp3) is 0.576. The number of fused-ring (bicyclic) bond motifs is 5. The molecular formula is C33H38F4N2O3. The van der Waals surface area contributed by atoms with Crippen molar-refractivity contribution in [1.82, 2.24) is 10.6 Å². The van der Waals surface area contributed by atoms with Gasteiger partial charge in [0.1, 0.15) is 17.3 Å². The monoisotopic (exact) mass is 586 g/mol. The quantitative estimate of drug-likeness (QED) is 0.382. The smallest absolute Gasteiger partial charge is 0.406 e. The number of piperidine rings is 1. The third kappa shape index (κ3) is 5.22. The van der Waals surface area contributed by atoms with Crippen LogP contribution < -0.4 is 15.4 Å². The van der Waals surface area contributed by atoms with Crippen molar-refractivity contribution in [2.45, 2.75) is 77.2 Å². The summed E-state index contributed by atoms with van der Waals surface area (Å²) in [7, 11) is 0. The van der Waals surface area contributed by atoms with E-state index in [9.17, 15) is 27.2 Å². The molecule has 1 saturated heterocycles. The van der Waals surface area contributed by atoms with Gasteiger partial charge in [-0.25, -0.2) is 4.39 Å². The molecule has 0 aromatic heterocycles. The Bertz CT molecular complexity index is 1330. The van der Waals surface area contributed by atoms with Gasteiger partial charge in [-0.15, -0.1) is 13.2 Å². The minimum Gasteiger partial charge on any atom is -0.406 e. The summed E-state index contributed by atoms with van der Waals surface area (Å²) >= 11 is 0. The first kappa shape index (κ1) is 29.1. The Hall–Kier alpha value is -2.94. The number of benzene rings is 2. The predicted molar refractivity (Wildman–Crippen MR) is 149 cm³/mol. The van der Waals surface area contributed by atoms with Gasteiger partial charge in [-0.1, -0.05) is 38.1 Å². The van der Waals surface area contributed by atoms with E-state index in [0.29, 0.717) is 47.5 Å². The van der Waals surface area contributed by atoms with Crippen molar-refractivity contribution in [3.05, 3.63) is 65.5 Å². The molecule has 42 heavy (non-hydrogen) atoms. The van der Waals surface area contributed by atoms with Gasteiger partial charge < -0.3 is 15.4 Å². The Morgan fingerprint density at radius 3 is 2.26 bits per heavy atom. The molecule has 9 heteroatoms. The molecule has 6 rings (SSSR count). The highest BCUT2D eigenvalue weighted by atomic mass is 19.4. The third-order valence-corrected chi connectivity index (χ3v) is 11.3. The Labute approximate surface area is 243 Å². The second-order valence-corrected chi connectivity index (χ2v) is 13.4. The van der Waals surface area contributed by atoms with E-state index in [1.165, 1.54) is 36.4 Å². The number of carbonyl (C=O) groups is 2. The molecule has 3 saturated carbocycles. The fourth-order valence-electron chi connectivity index (χ4n) is 9.11. The summed E-state index contributed by atoms with van der Waals surface area (Å²) in [6.07, 6.45) is 1.08. The number of carbonyl (C=O) groups excluding carboxylic acids is 2. The number of ketones is 1. The maximum atomic E-state index is 14.1. The molecule has 0 bridgehead atoms. The van der Waals surface area contributed by atoms with Crippen molar-refractivity contribution in [2.75, 3.05) is 6.54 Å². The van der Waals surface area contributed by atoms with E-state index in [2.05, 4.69) is 29.2 Å². The predicted octanol–water partition coefficient (Wildman–Crippen LogP) is 6.72. The number of amides is 1. The lowest BCUT2D eigenvalue weighted by Gasteiger charge is -2.60. The molecular weight excluding hydrogens is 548 g/mol. The van der Waals surface area contributed by atoms with Crippen LogP contribution in [0.25, 0.3) is 0 Å². The normalized spacial score (nSPS) is 35.0. The maximum absolute atomic E-state index is 14.1. The molecule has 3 aliphatic carbocycles. The van der Waals surface area contributed by atoms with E-state index < -0.39 is 18.2 Å². The molecule has 2 N–H and O–H groups in total. The molecule has 1 aliphatic heterocycles. The van der Waals surface area contributed by atoms with Crippen molar-refractivity contribution < 1.29 is 31.9 Å². The molecule has 2 aromatic rings. The number of hydrogen-bond acceptors (Lipinski definition) is 4. The van der Waals surface area contributed by atoms with Gasteiger partial charge in [-0.3, -0.25) is 9.59 Å². The number of Topliss-reactive ketones (excluding diaryl/α,β-unsaturated/α-hetero) is 1. The van der Waals surface area contributed by atoms with Crippen LogP contribution in [0.2, 0.25) is 0 Å². The molecule has 5 nitrogen and oxygen atoms in total. The summed E-state index contributed by atoms with van der Waals surface area (Å²) in [5, 5.41) is 6.92. The summed E-state index contributed by atoms with van der Waals surface area (Å²) in [6.45, 7) is 5.48. The van der Waals surface area contributed by atoms with E-state index in [0.717, 1.165) is 38.6 Å². The molecule has 1 amide bonds. The van der Waals surface area contributed by atoms with Crippen LogP contribution in [0.5, 0.6) is 5.75 Å². The summed E-state index contributed by atoms with van der Waals surface area (Å²) in [5.74, 6) is 0.652. The largest absolute Gasteiger partial charge is 0.573 e. The zero-order chi connectivity index (χ0) is 29.9. The molecule has 226 valence electrons. The van der Waals surface area contributed by atoms with E-state index >= 15 is 0 Å². The lowest BCUT2D eigenvalue weighted by atomic mass is 9.48. The molecule has 8 atom stereocenters. The Kier molecular flexibility index (Phi) is 7.39. The molecule has 2 aromatic carbocycles. The summed E-state index contributed by atoms with van der Waals surface area (Å²) < 4.78 is 55.9. The Balaban J connectivity index is 1.22. The van der Waals surface area contributed by atoms with Crippen LogP contribution in [0, 0.1) is 40.3 Å². The minimum absolute atomic E-state index is 0.0838. The van der Waals surface area contributed by atoms with Crippen molar-refractivity contribution in [3.8, 4) is 5.75 Å². The van der Waals surface area contributed by atoms with Crippen LogP contribution >= 0.6 is 0 Å². The van der Waals surface area contributed by atoms with Crippen LogP contribution in [-0.2, 0) is 9.59 Å². The first-order valence-electron chi connectivity index (χ1n) is 15.0. The maximum Gasteiger partial charge on any atom is 0.573 e. The van der Waals surface area contributed by atoms with Gasteiger partial charge in [0.2, 0.25) is 5.91 Å². The topological polar surface area (TPSA) is 67.4 Å². The number of halogens is 4. The Morgan fingerprint density at radius 2 is 1.60 bits per heavy atom. The first-order chi connectivity index (χ1) is 19.9. The van der Waals surface area contributed by atoms with E-state index in [1.807, 2.05) is 0 Å². The number of alkyl halides is 3. The van der Waals surface area contributed by atoms with Crippen LogP contribution in [0.15, 0.2) is 48.5 Å². The SMILES string of the molecule is C[C@]12CCC(=O)CC1NCC1C2CC[C@]2(C)C(C(=O)NC(c3ccc(F)cc3)c3ccc(OC(F)(F)F)cc3)CCC12. The number of ether oxygens (including phenoxy) is 1. The third-order valence-electron chi connectivity index (χ3n) is 11.3. The number of rotatable bonds is 5. The first-order valence-corrected chi connectivity index (χ1v) is 15.0. The van der Waals surface area contributed by atoms with E-state index in [4.69, 9.17) is 0 Å². The van der Waals surface area contributed by atoms with E-state index in [1.54, 1.807) is 12.1 Å². The van der Waals surface area contributed by atoms with Crippen molar-refractivity contribution in [2.24, 2.45) is 34.5 Å². The standard InChI is InChI=1S/C33H38F4N2O3/c1-31-16-14-26-24(18-38-28-17-22(40)13-15-32(26,28)2)25(31)11-12-27(31)30(41)39-29(19-3-7-21(34)8-4-19)20-5-9-23(10-6-20)42-33(35,36)37/h3-10,24-29,38H,11-18H2,1-2H3,(H,39,41)/t24?,25?,26?,27?,28?,29?,31-,32+/m0/s1. The molecule has 4 fully saturated rings. The average Bonchev–Trinajstić information content (AvgIpc) is 3.30. The zero-order valence-electron chi connectivity index (χ0n) is 24.0. The summed E-state index contributed by atoms with van der Waals surface area (Å²) in [5.41, 5.74) is 1.13. The van der Waals surface area contributed by atoms with Gasteiger partial charge in [-0.2, -0.15) is 0 Å². The van der Waals surface area contributed by atoms with Crippen LogP contribution in [-0.4, -0.2) is 30.6 Å². The summed E-state index contributed by atoms with van der Waals surface area (Å²) in [4.78, 5) is 26.3. The van der Waals surface area contributed by atoms with Crippen molar-refractivity contribution in [3.63, 3.8) is 0 Å². The molecule has 1 heterocycles. The van der Waals surface area contributed by atoms with Gasteiger partial charge in [0.15, 0.2) is 0 Å². The molecule has 0 radical (unpaired) electrons. The number of nitrogens with one attached hydrogen (secondary N) is 2. The lowest BCUT2D eigenvalue weighted by molar-refractivity contribution is -0.274. The molecule has 4 aliphatic rings. The Morgan fingerprint density at radius 1 is 0.952 bits per heavy atom. The van der Waals surface area contributed by atoms with Gasteiger partial charge >= 0.3 is 6.36 Å². The fourth-order valence-corrected chi connectivity index (χ4v) is 9.11. The molecule has 6 unspecified atom stereocenters. The van der Waals surface area contributed by atoms with Gasteiger partial charge in [0.05, 0.1) is 6.04 Å². The molecule has 0 spiro atoms. The van der Waals surface area contributed by atoms with Crippen LogP contribution in [0.4, 0.5) is 17.6 Å². The van der Waals surface area contributed by atoms with Crippen LogP contribution in [0.1, 0.15) is 76.0 Å². The van der Waals surface area contributed by atoms with E-state index in [-0.39, 0.29) is 34.4 Å². The second-order valence-electron chi connectivity index (χ2n) is 13.4.